The molecule has 0 saturated heterocycles. The van der Waals surface area contributed by atoms with Crippen molar-refractivity contribution in [3.05, 3.63) is 22.2 Å². The highest BCUT2D eigenvalue weighted by atomic mass is 79.9. The molecule has 0 atom stereocenters. The van der Waals surface area contributed by atoms with Gasteiger partial charge in [-0.25, -0.2) is 0 Å². The monoisotopic (exact) mass is 381 g/mol. The maximum Gasteiger partial charge on any atom is 0.422 e. The van der Waals surface area contributed by atoms with E-state index in [-0.39, 0.29) is 28.1 Å². The maximum absolute atomic E-state index is 12.2. The van der Waals surface area contributed by atoms with Crippen molar-refractivity contribution >= 4 is 15.9 Å². The number of benzene rings is 1. The molecule has 21 heavy (non-hydrogen) atoms. The first-order chi connectivity index (χ1) is 9.53. The Morgan fingerprint density at radius 2 is 1.48 bits per heavy atom. The Bertz CT molecular complexity index is 489. The average Bonchev–Trinajstić information content (AvgIpc) is 2.33. The first-order valence-corrected chi connectivity index (χ1v) is 6.23. The number of alkyl halides is 6. The Balaban J connectivity index is 3.01. The molecule has 0 spiro atoms. The number of rotatable bonds is 5. The lowest BCUT2D eigenvalue weighted by Crippen LogP contribution is -2.22. The zero-order valence-electron chi connectivity index (χ0n) is 10.3. The standard InChI is InChI=1S/C11H10BrF6NO2/c12-7-1-2-8(20-4-10(13,14)15)6(3-19)9(7)21-5-11(16,17)18/h1-2H,3-5,19H2. The third kappa shape index (κ3) is 6.00. The van der Waals surface area contributed by atoms with Crippen LogP contribution in [0.5, 0.6) is 11.5 Å². The predicted octanol–water partition coefficient (Wildman–Crippen LogP) is 3.79. The quantitative estimate of drug-likeness (QED) is 0.789. The summed E-state index contributed by atoms with van der Waals surface area (Å²) < 4.78 is 82.1. The molecule has 0 unspecified atom stereocenters. The van der Waals surface area contributed by atoms with Gasteiger partial charge < -0.3 is 15.2 Å². The molecule has 0 aromatic heterocycles. The third-order valence-electron chi connectivity index (χ3n) is 2.15. The van der Waals surface area contributed by atoms with Crippen LogP contribution in [0.25, 0.3) is 0 Å². The minimum atomic E-state index is -4.59. The van der Waals surface area contributed by atoms with Crippen LogP contribution >= 0.6 is 15.9 Å². The smallest absolute Gasteiger partial charge is 0.422 e. The molecule has 0 amide bonds. The largest absolute Gasteiger partial charge is 0.484 e. The first-order valence-electron chi connectivity index (χ1n) is 5.44. The number of nitrogens with two attached hydrogens (primary N) is 1. The fraction of sp³-hybridized carbons (Fsp3) is 0.455. The van der Waals surface area contributed by atoms with Gasteiger partial charge >= 0.3 is 12.4 Å². The van der Waals surface area contributed by atoms with E-state index in [1.54, 1.807) is 0 Å². The Morgan fingerprint density at radius 1 is 0.952 bits per heavy atom. The van der Waals surface area contributed by atoms with Gasteiger partial charge in [-0.15, -0.1) is 0 Å². The van der Waals surface area contributed by atoms with Crippen LogP contribution in [0.3, 0.4) is 0 Å². The summed E-state index contributed by atoms with van der Waals surface area (Å²) in [5.41, 5.74) is 5.27. The minimum Gasteiger partial charge on any atom is -0.484 e. The Hall–Kier alpha value is -1.16. The fourth-order valence-corrected chi connectivity index (χ4v) is 1.87. The van der Waals surface area contributed by atoms with E-state index in [0.717, 1.165) is 0 Å². The van der Waals surface area contributed by atoms with E-state index >= 15 is 0 Å². The van der Waals surface area contributed by atoms with Crippen molar-refractivity contribution in [1.29, 1.82) is 0 Å². The van der Waals surface area contributed by atoms with Crippen LogP contribution in [-0.2, 0) is 6.54 Å². The van der Waals surface area contributed by atoms with Crippen LogP contribution in [0.15, 0.2) is 16.6 Å². The van der Waals surface area contributed by atoms with Crippen molar-refractivity contribution in [2.75, 3.05) is 13.2 Å². The lowest BCUT2D eigenvalue weighted by molar-refractivity contribution is -0.154. The highest BCUT2D eigenvalue weighted by molar-refractivity contribution is 9.10. The number of ether oxygens (including phenoxy) is 2. The van der Waals surface area contributed by atoms with Crippen LogP contribution in [0.1, 0.15) is 5.56 Å². The molecule has 0 aliphatic carbocycles. The summed E-state index contributed by atoms with van der Waals surface area (Å²) in [6.07, 6.45) is -9.17. The molecule has 0 bridgehead atoms. The molecule has 2 N–H and O–H groups in total. The van der Waals surface area contributed by atoms with E-state index in [2.05, 4.69) is 25.4 Å². The van der Waals surface area contributed by atoms with Crippen LogP contribution in [0, 0.1) is 0 Å². The Labute approximate surface area is 124 Å². The first kappa shape index (κ1) is 17.9. The van der Waals surface area contributed by atoms with E-state index < -0.39 is 25.6 Å². The van der Waals surface area contributed by atoms with Crippen molar-refractivity contribution in [2.24, 2.45) is 5.73 Å². The fourth-order valence-electron chi connectivity index (χ4n) is 1.38. The van der Waals surface area contributed by atoms with Gasteiger partial charge in [0.15, 0.2) is 13.2 Å². The molecule has 0 heterocycles. The van der Waals surface area contributed by atoms with Crippen LogP contribution in [0.2, 0.25) is 0 Å². The molecule has 1 aromatic rings. The predicted molar refractivity (Wildman–Crippen MR) is 65.1 cm³/mol. The van der Waals surface area contributed by atoms with Gasteiger partial charge in [0.25, 0.3) is 0 Å². The molecule has 0 radical (unpaired) electrons. The molecule has 10 heteroatoms. The highest BCUT2D eigenvalue weighted by Crippen LogP contribution is 2.37. The molecule has 0 saturated carbocycles. The number of hydrogen-bond acceptors (Lipinski definition) is 3. The Kier molecular flexibility index (Phi) is 5.74. The summed E-state index contributed by atoms with van der Waals surface area (Å²) in [7, 11) is 0. The second kappa shape index (κ2) is 6.73. The van der Waals surface area contributed by atoms with Crippen LogP contribution in [-0.4, -0.2) is 25.6 Å². The van der Waals surface area contributed by atoms with Crippen molar-refractivity contribution < 1.29 is 35.8 Å². The summed E-state index contributed by atoms with van der Waals surface area (Å²) in [6, 6.07) is 2.38. The molecule has 0 aliphatic heterocycles. The van der Waals surface area contributed by atoms with E-state index in [1.807, 2.05) is 0 Å². The van der Waals surface area contributed by atoms with Crippen LogP contribution < -0.4 is 15.2 Å². The summed E-state index contributed by atoms with van der Waals surface area (Å²) in [6.45, 7) is -3.53. The lowest BCUT2D eigenvalue weighted by atomic mass is 10.2. The summed E-state index contributed by atoms with van der Waals surface area (Å²) in [5, 5.41) is 0. The van der Waals surface area contributed by atoms with Gasteiger partial charge in [-0.3, -0.25) is 0 Å². The third-order valence-corrected chi connectivity index (χ3v) is 2.77. The summed E-state index contributed by atoms with van der Waals surface area (Å²) in [4.78, 5) is 0. The van der Waals surface area contributed by atoms with Crippen molar-refractivity contribution in [1.82, 2.24) is 0 Å². The topological polar surface area (TPSA) is 44.5 Å². The maximum atomic E-state index is 12.2. The minimum absolute atomic E-state index is 0.0853. The van der Waals surface area contributed by atoms with Crippen molar-refractivity contribution in [3.8, 4) is 11.5 Å². The Morgan fingerprint density at radius 3 is 1.95 bits per heavy atom. The van der Waals surface area contributed by atoms with Gasteiger partial charge in [0, 0.05) is 6.54 Å². The zero-order valence-corrected chi connectivity index (χ0v) is 11.9. The molecule has 3 nitrogen and oxygen atoms in total. The van der Waals surface area contributed by atoms with Crippen molar-refractivity contribution in [3.63, 3.8) is 0 Å². The van der Waals surface area contributed by atoms with E-state index in [9.17, 15) is 26.3 Å². The average molecular weight is 382 g/mol. The second-order valence-electron chi connectivity index (χ2n) is 3.87. The highest BCUT2D eigenvalue weighted by Gasteiger charge is 2.31. The van der Waals surface area contributed by atoms with E-state index in [0.29, 0.717) is 0 Å². The number of hydrogen-bond donors (Lipinski definition) is 1. The molecule has 0 aliphatic rings. The van der Waals surface area contributed by atoms with Gasteiger partial charge in [0.1, 0.15) is 11.5 Å². The molecular formula is C11H10BrF6NO2. The van der Waals surface area contributed by atoms with Gasteiger partial charge in [0.05, 0.1) is 10.0 Å². The lowest BCUT2D eigenvalue weighted by Gasteiger charge is -2.18. The van der Waals surface area contributed by atoms with E-state index in [1.165, 1.54) is 12.1 Å². The summed E-state index contributed by atoms with van der Waals surface area (Å²) >= 11 is 2.95. The van der Waals surface area contributed by atoms with E-state index in [4.69, 9.17) is 5.73 Å². The van der Waals surface area contributed by atoms with Crippen molar-refractivity contribution in [2.45, 2.75) is 18.9 Å². The number of halogens is 7. The zero-order chi connectivity index (χ0) is 16.3. The van der Waals surface area contributed by atoms with Gasteiger partial charge in [-0.2, -0.15) is 26.3 Å². The van der Waals surface area contributed by atoms with Gasteiger partial charge in [0.2, 0.25) is 0 Å². The van der Waals surface area contributed by atoms with Crippen LogP contribution in [0.4, 0.5) is 26.3 Å². The molecular weight excluding hydrogens is 372 g/mol. The molecule has 1 aromatic carbocycles. The summed E-state index contributed by atoms with van der Waals surface area (Å²) in [5.74, 6) is -0.579. The normalized spacial score (nSPS) is 12.4. The van der Waals surface area contributed by atoms with Gasteiger partial charge in [-0.1, -0.05) is 0 Å². The SMILES string of the molecule is NCc1c(OCC(F)(F)F)ccc(Br)c1OCC(F)(F)F. The molecule has 1 rings (SSSR count). The van der Waals surface area contributed by atoms with Gasteiger partial charge in [-0.05, 0) is 28.1 Å². The molecule has 0 fully saturated rings. The second-order valence-corrected chi connectivity index (χ2v) is 4.72. The molecule has 120 valence electrons.